The lowest BCUT2D eigenvalue weighted by Crippen LogP contribution is -2.33. The Bertz CT molecular complexity index is 1180. The molecule has 1 aliphatic rings. The van der Waals surface area contributed by atoms with Crippen molar-refractivity contribution < 1.29 is 19.2 Å². The lowest BCUT2D eigenvalue weighted by atomic mass is 10.1. The molecule has 158 valence electrons. The first kappa shape index (κ1) is 21.4. The van der Waals surface area contributed by atoms with Crippen LogP contribution in [-0.4, -0.2) is 43.4 Å². The molecule has 4 rings (SSSR count). The van der Waals surface area contributed by atoms with E-state index in [1.54, 1.807) is 34.9 Å². The maximum atomic E-state index is 12.3. The minimum absolute atomic E-state index is 0.181. The number of rotatable bonds is 6. The number of hydrogen-bond donors (Lipinski definition) is 0. The fraction of sp³-hybridized carbons (Fsp3) is 0.150. The fourth-order valence-electron chi connectivity index (χ4n) is 3.05. The molecule has 0 aliphatic carbocycles. The number of halogens is 2. The Hall–Kier alpha value is -2.88. The third-order valence-electron chi connectivity index (χ3n) is 4.47. The number of amides is 2. The zero-order valence-corrected chi connectivity index (χ0v) is 18.4. The van der Waals surface area contributed by atoms with E-state index in [4.69, 9.17) is 28.0 Å². The topological polar surface area (TPSA) is 94.4 Å². The largest absolute Gasteiger partial charge is 0.343 e. The van der Waals surface area contributed by atoms with E-state index in [0.29, 0.717) is 38.2 Å². The van der Waals surface area contributed by atoms with E-state index in [1.165, 1.54) is 12.1 Å². The molecule has 3 aromatic rings. The van der Waals surface area contributed by atoms with E-state index >= 15 is 0 Å². The standard InChI is InChI=1S/C20H14Cl2N4O4S/c1-2-25-17(14-8-7-11(21)9-15(14)22)23-24-20(25)31-10-16(27)30-26-18(28)12-5-3-4-6-13(12)19(26)29/h3-9H,2,10H2,1H3. The van der Waals surface area contributed by atoms with Crippen LogP contribution in [-0.2, 0) is 16.2 Å². The first-order chi connectivity index (χ1) is 14.9. The van der Waals surface area contributed by atoms with Gasteiger partial charge in [0.25, 0.3) is 11.8 Å². The fourth-order valence-corrected chi connectivity index (χ4v) is 4.31. The van der Waals surface area contributed by atoms with Crippen molar-refractivity contribution in [3.8, 4) is 11.4 Å². The number of carbonyl (C=O) groups is 3. The zero-order valence-electron chi connectivity index (χ0n) is 16.0. The van der Waals surface area contributed by atoms with Crippen LogP contribution in [0.2, 0.25) is 10.0 Å². The van der Waals surface area contributed by atoms with E-state index in [-0.39, 0.29) is 16.9 Å². The summed E-state index contributed by atoms with van der Waals surface area (Å²) >= 11 is 13.3. The summed E-state index contributed by atoms with van der Waals surface area (Å²) in [5.74, 6) is -1.76. The highest BCUT2D eigenvalue weighted by Gasteiger charge is 2.38. The van der Waals surface area contributed by atoms with Gasteiger partial charge in [0.2, 0.25) is 0 Å². The first-order valence-corrected chi connectivity index (χ1v) is 10.8. The summed E-state index contributed by atoms with van der Waals surface area (Å²) in [6.45, 7) is 2.43. The highest BCUT2D eigenvalue weighted by molar-refractivity contribution is 7.99. The number of imide groups is 1. The van der Waals surface area contributed by atoms with Gasteiger partial charge in [-0.15, -0.1) is 10.2 Å². The number of nitrogens with zero attached hydrogens (tertiary/aromatic N) is 4. The van der Waals surface area contributed by atoms with E-state index in [2.05, 4.69) is 10.2 Å². The molecule has 31 heavy (non-hydrogen) atoms. The van der Waals surface area contributed by atoms with Crippen molar-refractivity contribution in [2.75, 3.05) is 5.75 Å². The number of thioether (sulfide) groups is 1. The lowest BCUT2D eigenvalue weighted by Gasteiger charge is -2.12. The van der Waals surface area contributed by atoms with Gasteiger partial charge >= 0.3 is 5.97 Å². The van der Waals surface area contributed by atoms with Crippen LogP contribution in [0.25, 0.3) is 11.4 Å². The summed E-state index contributed by atoms with van der Waals surface area (Å²) in [5, 5.41) is 10.2. The van der Waals surface area contributed by atoms with Crippen LogP contribution in [0.4, 0.5) is 0 Å². The SMILES string of the molecule is CCn1c(SCC(=O)ON2C(=O)c3ccccc3C2=O)nnc1-c1ccc(Cl)cc1Cl. The molecule has 0 N–H and O–H groups in total. The van der Waals surface area contributed by atoms with Crippen LogP contribution in [0.15, 0.2) is 47.6 Å². The second kappa shape index (κ2) is 8.70. The molecule has 0 bridgehead atoms. The van der Waals surface area contributed by atoms with Crippen LogP contribution in [0.1, 0.15) is 27.6 Å². The Morgan fingerprint density at radius 3 is 2.32 bits per heavy atom. The molecule has 0 unspecified atom stereocenters. The van der Waals surface area contributed by atoms with Crippen LogP contribution in [0, 0.1) is 0 Å². The third-order valence-corrected chi connectivity index (χ3v) is 5.96. The van der Waals surface area contributed by atoms with Crippen molar-refractivity contribution in [2.24, 2.45) is 0 Å². The van der Waals surface area contributed by atoms with E-state index < -0.39 is 17.8 Å². The summed E-state index contributed by atoms with van der Waals surface area (Å²) in [6.07, 6.45) is 0. The molecule has 1 aliphatic heterocycles. The van der Waals surface area contributed by atoms with Gasteiger partial charge in [-0.2, -0.15) is 0 Å². The average molecular weight is 477 g/mol. The molecule has 0 atom stereocenters. The van der Waals surface area contributed by atoms with Gasteiger partial charge in [-0.3, -0.25) is 9.59 Å². The number of benzene rings is 2. The van der Waals surface area contributed by atoms with Gasteiger partial charge in [0, 0.05) is 17.1 Å². The quantitative estimate of drug-likeness (QED) is 0.390. The van der Waals surface area contributed by atoms with Gasteiger partial charge in [0.15, 0.2) is 11.0 Å². The Labute approximate surface area is 191 Å². The molecule has 2 amide bonds. The van der Waals surface area contributed by atoms with Gasteiger partial charge in [0.1, 0.15) is 5.75 Å². The Morgan fingerprint density at radius 1 is 1.03 bits per heavy atom. The number of hydrogen-bond acceptors (Lipinski definition) is 7. The van der Waals surface area contributed by atoms with Crippen molar-refractivity contribution in [1.29, 1.82) is 0 Å². The van der Waals surface area contributed by atoms with Crippen molar-refractivity contribution >= 4 is 52.7 Å². The summed E-state index contributed by atoms with van der Waals surface area (Å²) in [6, 6.07) is 11.3. The molecule has 0 saturated heterocycles. The van der Waals surface area contributed by atoms with Crippen LogP contribution < -0.4 is 0 Å². The van der Waals surface area contributed by atoms with Gasteiger partial charge in [-0.1, -0.05) is 52.2 Å². The molecule has 11 heteroatoms. The normalized spacial score (nSPS) is 12.9. The van der Waals surface area contributed by atoms with Crippen LogP contribution in [0.3, 0.4) is 0 Å². The van der Waals surface area contributed by atoms with Crippen molar-refractivity contribution in [2.45, 2.75) is 18.6 Å². The summed E-state index contributed by atoms with van der Waals surface area (Å²) in [7, 11) is 0. The Balaban J connectivity index is 1.45. The Morgan fingerprint density at radius 2 is 1.71 bits per heavy atom. The second-order valence-electron chi connectivity index (χ2n) is 6.38. The van der Waals surface area contributed by atoms with Crippen LogP contribution >= 0.6 is 35.0 Å². The molecule has 0 radical (unpaired) electrons. The van der Waals surface area contributed by atoms with Gasteiger partial charge in [-0.25, -0.2) is 4.79 Å². The van der Waals surface area contributed by atoms with E-state index in [1.807, 2.05) is 6.92 Å². The molecule has 0 spiro atoms. The molecular weight excluding hydrogens is 463 g/mol. The predicted molar refractivity (Wildman–Crippen MR) is 115 cm³/mol. The predicted octanol–water partition coefficient (Wildman–Crippen LogP) is 4.12. The van der Waals surface area contributed by atoms with Crippen molar-refractivity contribution in [1.82, 2.24) is 19.8 Å². The summed E-state index contributed by atoms with van der Waals surface area (Å²) in [5.41, 5.74) is 1.05. The third kappa shape index (κ3) is 4.04. The van der Waals surface area contributed by atoms with Crippen LogP contribution in [0.5, 0.6) is 0 Å². The molecule has 0 saturated carbocycles. The number of aromatic nitrogens is 3. The highest BCUT2D eigenvalue weighted by atomic mass is 35.5. The summed E-state index contributed by atoms with van der Waals surface area (Å²) in [4.78, 5) is 41.9. The maximum absolute atomic E-state index is 12.3. The number of fused-ring (bicyclic) bond motifs is 1. The highest BCUT2D eigenvalue weighted by Crippen LogP contribution is 2.31. The van der Waals surface area contributed by atoms with E-state index in [0.717, 1.165) is 11.8 Å². The van der Waals surface area contributed by atoms with Crippen molar-refractivity contribution in [3.63, 3.8) is 0 Å². The molecule has 8 nitrogen and oxygen atoms in total. The zero-order chi connectivity index (χ0) is 22.1. The molecular formula is C20H14Cl2N4O4S. The Kier molecular flexibility index (Phi) is 5.99. The van der Waals surface area contributed by atoms with E-state index in [9.17, 15) is 14.4 Å². The smallest absolute Gasteiger partial charge is 0.329 e. The minimum atomic E-state index is -0.767. The summed E-state index contributed by atoms with van der Waals surface area (Å²) < 4.78 is 1.79. The van der Waals surface area contributed by atoms with Gasteiger partial charge in [-0.05, 0) is 37.3 Å². The van der Waals surface area contributed by atoms with Crippen molar-refractivity contribution in [3.05, 3.63) is 63.6 Å². The second-order valence-corrected chi connectivity index (χ2v) is 8.16. The van der Waals surface area contributed by atoms with Gasteiger partial charge in [0.05, 0.1) is 16.1 Å². The molecule has 1 aromatic heterocycles. The molecule has 0 fully saturated rings. The average Bonchev–Trinajstić information content (AvgIpc) is 3.27. The number of carbonyl (C=O) groups excluding carboxylic acids is 3. The number of hydroxylamine groups is 2. The molecule has 2 heterocycles. The maximum Gasteiger partial charge on any atom is 0.343 e. The first-order valence-electron chi connectivity index (χ1n) is 9.10. The monoisotopic (exact) mass is 476 g/mol. The minimum Gasteiger partial charge on any atom is -0.329 e. The molecule has 2 aromatic carbocycles. The van der Waals surface area contributed by atoms with Gasteiger partial charge < -0.3 is 9.40 Å². The lowest BCUT2D eigenvalue weighted by molar-refractivity contribution is -0.165.